The maximum absolute atomic E-state index is 12.1. The minimum absolute atomic E-state index is 0.293. The zero-order chi connectivity index (χ0) is 20.1. The number of imidazole rings is 1. The van der Waals surface area contributed by atoms with Crippen molar-refractivity contribution in [1.29, 1.82) is 0 Å². The minimum Gasteiger partial charge on any atom is -0.495 e. The molecule has 0 fully saturated rings. The number of aryl methyl sites for hydroxylation is 2. The fourth-order valence-corrected chi connectivity index (χ4v) is 2.90. The Kier molecular flexibility index (Phi) is 6.03. The van der Waals surface area contributed by atoms with Crippen LogP contribution in [-0.2, 0) is 17.6 Å². The summed E-state index contributed by atoms with van der Waals surface area (Å²) in [7, 11) is 1.64. The number of ether oxygens (including phenoxy) is 2. The number of carbonyl (C=O) groups is 1. The van der Waals surface area contributed by atoms with Gasteiger partial charge in [-0.3, -0.25) is 0 Å². The van der Waals surface area contributed by atoms with Crippen molar-refractivity contribution < 1.29 is 14.3 Å². The van der Waals surface area contributed by atoms with E-state index < -0.39 is 5.97 Å². The molecule has 0 atom stereocenters. The molecule has 2 heterocycles. The zero-order valence-corrected chi connectivity index (χ0v) is 16.6. The lowest BCUT2D eigenvalue weighted by molar-refractivity contribution is 0.0518. The molecular formula is C21H24N4O3. The van der Waals surface area contributed by atoms with Crippen molar-refractivity contribution in [2.45, 2.75) is 33.6 Å². The van der Waals surface area contributed by atoms with Gasteiger partial charge in [0.1, 0.15) is 11.6 Å². The van der Waals surface area contributed by atoms with E-state index in [0.29, 0.717) is 31.0 Å². The van der Waals surface area contributed by atoms with Crippen LogP contribution in [0, 0.1) is 6.92 Å². The van der Waals surface area contributed by atoms with E-state index in [1.807, 2.05) is 42.8 Å². The third kappa shape index (κ3) is 4.36. The normalized spacial score (nSPS) is 10.7. The van der Waals surface area contributed by atoms with Crippen molar-refractivity contribution in [2.75, 3.05) is 13.7 Å². The van der Waals surface area contributed by atoms with Crippen LogP contribution in [0.25, 0.3) is 5.69 Å². The van der Waals surface area contributed by atoms with E-state index in [4.69, 9.17) is 9.47 Å². The van der Waals surface area contributed by atoms with Gasteiger partial charge < -0.3 is 14.0 Å². The molecule has 0 spiro atoms. The third-order valence-electron chi connectivity index (χ3n) is 4.27. The first-order valence-electron chi connectivity index (χ1n) is 9.25. The number of hydrogen-bond donors (Lipinski definition) is 0. The van der Waals surface area contributed by atoms with Gasteiger partial charge in [-0.05, 0) is 44.0 Å². The molecule has 2 aromatic heterocycles. The molecule has 0 unspecified atom stereocenters. The van der Waals surface area contributed by atoms with Crippen LogP contribution in [0.3, 0.4) is 0 Å². The number of benzene rings is 1. The zero-order valence-electron chi connectivity index (χ0n) is 16.6. The number of carbonyl (C=O) groups excluding carboxylic acids is 1. The Balaban J connectivity index is 1.91. The van der Waals surface area contributed by atoms with Crippen LogP contribution in [0.1, 0.15) is 47.1 Å². The predicted octanol–water partition coefficient (Wildman–Crippen LogP) is 3.31. The van der Waals surface area contributed by atoms with E-state index in [9.17, 15) is 4.79 Å². The molecule has 3 aromatic rings. The highest BCUT2D eigenvalue weighted by atomic mass is 16.5. The molecule has 146 valence electrons. The van der Waals surface area contributed by atoms with E-state index in [-0.39, 0.29) is 0 Å². The van der Waals surface area contributed by atoms with E-state index in [1.165, 1.54) is 0 Å². The second-order valence-electron chi connectivity index (χ2n) is 6.34. The molecule has 0 N–H and O–H groups in total. The maximum Gasteiger partial charge on any atom is 0.357 e. The van der Waals surface area contributed by atoms with Crippen molar-refractivity contribution >= 4 is 5.97 Å². The Morgan fingerprint density at radius 1 is 1.18 bits per heavy atom. The first-order chi connectivity index (χ1) is 13.5. The van der Waals surface area contributed by atoms with Crippen LogP contribution in [-0.4, -0.2) is 39.2 Å². The van der Waals surface area contributed by atoms with E-state index in [0.717, 1.165) is 28.4 Å². The molecule has 0 amide bonds. The highest BCUT2D eigenvalue weighted by molar-refractivity contribution is 5.87. The smallest absolute Gasteiger partial charge is 0.357 e. The Morgan fingerprint density at radius 3 is 2.64 bits per heavy atom. The summed E-state index contributed by atoms with van der Waals surface area (Å²) in [5, 5.41) is 0. The summed E-state index contributed by atoms with van der Waals surface area (Å²) in [4.78, 5) is 25.3. The molecule has 1 aromatic carbocycles. The van der Waals surface area contributed by atoms with Crippen LogP contribution in [0.15, 0.2) is 36.8 Å². The summed E-state index contributed by atoms with van der Waals surface area (Å²) >= 11 is 0. The number of methoxy groups -OCH3 is 1. The number of aromatic nitrogens is 4. The molecule has 0 aliphatic carbocycles. The fourth-order valence-electron chi connectivity index (χ4n) is 2.90. The van der Waals surface area contributed by atoms with Gasteiger partial charge in [-0.1, -0.05) is 13.0 Å². The monoisotopic (exact) mass is 380 g/mol. The number of esters is 1. The molecular weight excluding hydrogens is 356 g/mol. The third-order valence-corrected chi connectivity index (χ3v) is 4.27. The molecule has 3 rings (SSSR count). The molecule has 28 heavy (non-hydrogen) atoms. The molecule has 0 radical (unpaired) electrons. The largest absolute Gasteiger partial charge is 0.495 e. The Bertz CT molecular complexity index is 982. The summed E-state index contributed by atoms with van der Waals surface area (Å²) < 4.78 is 12.6. The van der Waals surface area contributed by atoms with Gasteiger partial charge in [0, 0.05) is 18.3 Å². The lowest BCUT2D eigenvalue weighted by Gasteiger charge is -2.12. The van der Waals surface area contributed by atoms with E-state index in [2.05, 4.69) is 15.0 Å². The summed E-state index contributed by atoms with van der Waals surface area (Å²) in [6.07, 6.45) is 4.90. The number of nitrogens with zero attached hydrogens (tertiary/aromatic N) is 4. The van der Waals surface area contributed by atoms with Gasteiger partial charge in [0.05, 0.1) is 31.4 Å². The van der Waals surface area contributed by atoms with Crippen LogP contribution < -0.4 is 4.74 Å². The summed E-state index contributed by atoms with van der Waals surface area (Å²) in [6.45, 7) is 6.02. The first-order valence-corrected chi connectivity index (χ1v) is 9.25. The fraction of sp³-hybridized carbons (Fsp3) is 0.333. The Morgan fingerprint density at radius 2 is 2.00 bits per heavy atom. The topological polar surface area (TPSA) is 79.1 Å². The van der Waals surface area contributed by atoms with Crippen LogP contribution in [0.2, 0.25) is 0 Å². The van der Waals surface area contributed by atoms with E-state index >= 15 is 0 Å². The first kappa shape index (κ1) is 19.5. The van der Waals surface area contributed by atoms with Gasteiger partial charge >= 0.3 is 5.97 Å². The molecule has 0 saturated heterocycles. The van der Waals surface area contributed by atoms with Crippen LogP contribution >= 0.6 is 0 Å². The van der Waals surface area contributed by atoms with Crippen molar-refractivity contribution in [3.8, 4) is 11.4 Å². The SMILES string of the molecule is CCOC(=O)c1cc(CC)nc(Cc2ccc(-n3cnc(C)c3)c(OC)c2)n1. The van der Waals surface area contributed by atoms with Crippen LogP contribution in [0.4, 0.5) is 0 Å². The summed E-state index contributed by atoms with van der Waals surface area (Å²) in [5.41, 5.74) is 3.93. The molecule has 7 heteroatoms. The Labute approximate surface area is 164 Å². The highest BCUT2D eigenvalue weighted by Crippen LogP contribution is 2.25. The Hall–Kier alpha value is -3.22. The summed E-state index contributed by atoms with van der Waals surface area (Å²) in [5.74, 6) is 0.882. The van der Waals surface area contributed by atoms with Gasteiger partial charge in [0.25, 0.3) is 0 Å². The standard InChI is InChI=1S/C21H24N4O3/c1-5-16-11-17(21(26)28-6-2)24-20(23-16)10-15-7-8-18(19(9-15)27-4)25-12-14(3)22-13-25/h7-9,11-13H,5-6,10H2,1-4H3. The van der Waals surface area contributed by atoms with Crippen molar-refractivity contribution in [3.05, 3.63) is 65.3 Å². The quantitative estimate of drug-likeness (QED) is 0.585. The molecule has 0 saturated carbocycles. The summed E-state index contributed by atoms with van der Waals surface area (Å²) in [6, 6.07) is 7.62. The van der Waals surface area contributed by atoms with E-state index in [1.54, 1.807) is 26.4 Å². The number of rotatable bonds is 7. The molecule has 0 aliphatic rings. The second-order valence-corrected chi connectivity index (χ2v) is 6.34. The second kappa shape index (κ2) is 8.65. The maximum atomic E-state index is 12.1. The molecule has 7 nitrogen and oxygen atoms in total. The molecule has 0 aliphatic heterocycles. The lowest BCUT2D eigenvalue weighted by atomic mass is 10.1. The average molecular weight is 380 g/mol. The van der Waals surface area contributed by atoms with Gasteiger partial charge in [-0.25, -0.2) is 19.7 Å². The van der Waals surface area contributed by atoms with Gasteiger partial charge in [-0.2, -0.15) is 0 Å². The number of hydrogen-bond acceptors (Lipinski definition) is 6. The highest BCUT2D eigenvalue weighted by Gasteiger charge is 2.14. The average Bonchev–Trinajstić information content (AvgIpc) is 3.13. The molecule has 0 bridgehead atoms. The van der Waals surface area contributed by atoms with Crippen LogP contribution in [0.5, 0.6) is 5.75 Å². The van der Waals surface area contributed by atoms with Crippen molar-refractivity contribution in [3.63, 3.8) is 0 Å². The minimum atomic E-state index is -0.427. The van der Waals surface area contributed by atoms with Crippen molar-refractivity contribution in [2.24, 2.45) is 0 Å². The van der Waals surface area contributed by atoms with Crippen molar-refractivity contribution in [1.82, 2.24) is 19.5 Å². The lowest BCUT2D eigenvalue weighted by Crippen LogP contribution is -2.11. The van der Waals surface area contributed by atoms with Gasteiger partial charge in [-0.15, -0.1) is 0 Å². The van der Waals surface area contributed by atoms with Gasteiger partial charge in [0.2, 0.25) is 0 Å². The predicted molar refractivity (Wildman–Crippen MR) is 105 cm³/mol. The van der Waals surface area contributed by atoms with Gasteiger partial charge in [0.15, 0.2) is 5.69 Å².